The molecule has 15 nitrogen and oxygen atoms in total. The van der Waals surface area contributed by atoms with E-state index in [4.69, 9.17) is 13.7 Å². The Hall–Kier alpha value is -5.90. The van der Waals surface area contributed by atoms with Crippen LogP contribution in [0.2, 0.25) is 0 Å². The zero-order chi connectivity index (χ0) is 36.2. The molecule has 1 aliphatic heterocycles. The van der Waals surface area contributed by atoms with Crippen LogP contribution in [0, 0.1) is 20.2 Å². The van der Waals surface area contributed by atoms with Crippen molar-refractivity contribution in [3.8, 4) is 17.2 Å². The molecule has 0 saturated heterocycles. The van der Waals surface area contributed by atoms with Gasteiger partial charge in [0, 0.05) is 55.8 Å². The Morgan fingerprint density at radius 3 is 1.78 bits per heavy atom. The largest absolute Gasteiger partial charge is 0.453 e. The van der Waals surface area contributed by atoms with E-state index in [9.17, 15) is 33.4 Å². The minimum atomic E-state index is -4.74. The summed E-state index contributed by atoms with van der Waals surface area (Å²) in [5.74, 6) is 0.801. The van der Waals surface area contributed by atoms with E-state index in [1.807, 2.05) is 36.4 Å². The lowest BCUT2D eigenvalue weighted by molar-refractivity contribution is -0.396. The van der Waals surface area contributed by atoms with Gasteiger partial charge in [0.15, 0.2) is 16.4 Å². The molecule has 0 aromatic heterocycles. The third-order valence-corrected chi connectivity index (χ3v) is 9.43. The summed E-state index contributed by atoms with van der Waals surface area (Å²) in [4.78, 5) is 39.3. The first-order valence-electron chi connectivity index (χ1n) is 15.8. The van der Waals surface area contributed by atoms with Crippen molar-refractivity contribution in [3.05, 3.63) is 105 Å². The van der Waals surface area contributed by atoms with Gasteiger partial charge in [-0.1, -0.05) is 12.1 Å². The summed E-state index contributed by atoms with van der Waals surface area (Å²) in [6, 6.07) is 18.9. The van der Waals surface area contributed by atoms with Gasteiger partial charge in [0.25, 0.3) is 11.4 Å². The Bertz CT molecular complexity index is 1970. The number of nitrogens with zero attached hydrogens (tertiary/aromatic N) is 5. The second-order valence-electron chi connectivity index (χ2n) is 11.0. The van der Waals surface area contributed by atoms with Crippen molar-refractivity contribution in [2.24, 2.45) is 0 Å². The van der Waals surface area contributed by atoms with Crippen LogP contribution in [0.15, 0.2) is 83.8 Å². The number of nitro groups is 2. The Labute approximate surface area is 288 Å². The highest BCUT2D eigenvalue weighted by Crippen LogP contribution is 2.49. The monoisotopic (exact) mass is 705 g/mol. The van der Waals surface area contributed by atoms with Crippen LogP contribution in [0.4, 0.5) is 38.9 Å². The van der Waals surface area contributed by atoms with E-state index >= 15 is 0 Å². The summed E-state index contributed by atoms with van der Waals surface area (Å²) in [7, 11) is -4.74. The number of hydrogen-bond donors (Lipinski definition) is 0. The number of benzene rings is 4. The summed E-state index contributed by atoms with van der Waals surface area (Å²) in [6.45, 7) is 11.2. The Morgan fingerprint density at radius 2 is 1.30 bits per heavy atom. The fourth-order valence-electron chi connectivity index (χ4n) is 5.55. The second kappa shape index (κ2) is 14.7. The summed E-state index contributed by atoms with van der Waals surface area (Å²) in [5.41, 5.74) is 1.74. The van der Waals surface area contributed by atoms with E-state index in [0.29, 0.717) is 34.5 Å². The number of ether oxygens (including phenoxy) is 2. The normalized spacial score (nSPS) is 11.9. The van der Waals surface area contributed by atoms with E-state index in [0.717, 1.165) is 49.7 Å². The Morgan fingerprint density at radius 1 is 0.760 bits per heavy atom. The number of anilines is 4. The molecule has 5 rings (SSSR count). The summed E-state index contributed by atoms with van der Waals surface area (Å²) < 4.78 is 42.9. The van der Waals surface area contributed by atoms with Crippen molar-refractivity contribution in [1.29, 1.82) is 0 Å². The van der Waals surface area contributed by atoms with Crippen LogP contribution >= 0.6 is 0 Å². The zero-order valence-electron chi connectivity index (χ0n) is 27.8. The van der Waals surface area contributed by atoms with Crippen LogP contribution < -0.4 is 23.6 Å². The van der Waals surface area contributed by atoms with Gasteiger partial charge >= 0.3 is 16.2 Å². The molecule has 1 amide bonds. The van der Waals surface area contributed by atoms with Crippen LogP contribution in [0.25, 0.3) is 0 Å². The van der Waals surface area contributed by atoms with Crippen LogP contribution in [-0.4, -0.2) is 50.5 Å². The highest BCUT2D eigenvalue weighted by atomic mass is 32.2. The first kappa shape index (κ1) is 35.4. The van der Waals surface area contributed by atoms with Gasteiger partial charge in [-0.2, -0.15) is 8.42 Å². The Kier molecular flexibility index (Phi) is 10.4. The van der Waals surface area contributed by atoms with Crippen molar-refractivity contribution < 1.29 is 36.7 Å². The topological polar surface area (TPSA) is 175 Å². The van der Waals surface area contributed by atoms with E-state index in [1.54, 1.807) is 0 Å². The lowest BCUT2D eigenvalue weighted by Gasteiger charge is -2.33. The number of hydrogen-bond acceptors (Lipinski definition) is 12. The summed E-state index contributed by atoms with van der Waals surface area (Å²) in [6.07, 6.45) is -0.671. The van der Waals surface area contributed by atoms with Gasteiger partial charge in [-0.05, 0) is 75.7 Å². The number of carbonyl (C=O) groups excluding carboxylic acids is 1. The van der Waals surface area contributed by atoms with Gasteiger partial charge in [0.2, 0.25) is 0 Å². The molecule has 0 spiro atoms. The molecule has 0 bridgehead atoms. The van der Waals surface area contributed by atoms with Gasteiger partial charge in [0.1, 0.15) is 12.4 Å². The summed E-state index contributed by atoms with van der Waals surface area (Å²) in [5, 5.41) is 22.5. The number of nitro benzene ring substituents is 2. The molecule has 16 heteroatoms. The minimum absolute atomic E-state index is 0.184. The van der Waals surface area contributed by atoms with Crippen LogP contribution in [0.1, 0.15) is 33.3 Å². The second-order valence-corrected chi connectivity index (χ2v) is 12.5. The van der Waals surface area contributed by atoms with Gasteiger partial charge in [-0.25, -0.2) is 9.69 Å². The molecule has 0 unspecified atom stereocenters. The molecule has 4 aromatic carbocycles. The van der Waals surface area contributed by atoms with E-state index < -0.39 is 42.3 Å². The summed E-state index contributed by atoms with van der Waals surface area (Å²) >= 11 is 0. The average molecular weight is 706 g/mol. The van der Waals surface area contributed by atoms with Gasteiger partial charge in [-0.15, -0.1) is 0 Å². The molecule has 0 fully saturated rings. The number of amides is 1. The molecule has 0 N–H and O–H groups in total. The standard InChI is InChI=1S/C34H35N5O10S/c1-5-35(6-2)24-11-16-28-31(20-24)48-32-21-25(36(7-3)8-4)12-17-29(32)37(28)34(40)47-22-23-9-14-27(15-10-23)49-50(45,46)33-18-13-26(38(41)42)19-30(33)39(43)44/h9-21H,5-8,22H2,1-4H3. The van der Waals surface area contributed by atoms with Crippen molar-refractivity contribution in [2.45, 2.75) is 39.2 Å². The van der Waals surface area contributed by atoms with E-state index in [1.165, 1.54) is 29.2 Å². The maximum atomic E-state index is 13.7. The predicted octanol–water partition coefficient (Wildman–Crippen LogP) is 7.54. The average Bonchev–Trinajstić information content (AvgIpc) is 3.10. The van der Waals surface area contributed by atoms with Crippen molar-refractivity contribution >= 4 is 50.3 Å². The molecule has 50 heavy (non-hydrogen) atoms. The number of non-ortho nitro benzene ring substituents is 1. The van der Waals surface area contributed by atoms with E-state index in [-0.39, 0.29) is 12.4 Å². The van der Waals surface area contributed by atoms with Crippen LogP contribution in [-0.2, 0) is 21.5 Å². The smallest absolute Gasteiger partial charge is 0.419 e. The maximum Gasteiger partial charge on any atom is 0.419 e. The predicted molar refractivity (Wildman–Crippen MR) is 186 cm³/mol. The zero-order valence-corrected chi connectivity index (χ0v) is 28.6. The van der Waals surface area contributed by atoms with Crippen molar-refractivity contribution in [1.82, 2.24) is 0 Å². The molecule has 0 aliphatic carbocycles. The minimum Gasteiger partial charge on any atom is -0.453 e. The highest BCUT2D eigenvalue weighted by Gasteiger charge is 2.33. The SMILES string of the molecule is CCN(CC)c1ccc2c(c1)Oc1cc(N(CC)CC)ccc1N2C(=O)OCc1ccc(OS(=O)(=O)c2ccc([N+](=O)[O-])cc2[N+](=O)[O-])cc1. The molecular formula is C34H35N5O10S. The van der Waals surface area contributed by atoms with Crippen LogP contribution in [0.3, 0.4) is 0 Å². The number of carbonyl (C=O) groups is 1. The lowest BCUT2D eigenvalue weighted by Crippen LogP contribution is -2.30. The quantitative estimate of drug-likeness (QED) is 0.0760. The molecule has 1 aliphatic rings. The Balaban J connectivity index is 1.36. The molecule has 4 aromatic rings. The maximum absolute atomic E-state index is 13.7. The third-order valence-electron chi connectivity index (χ3n) is 8.14. The molecule has 0 saturated carbocycles. The molecule has 0 atom stereocenters. The lowest BCUT2D eigenvalue weighted by atomic mass is 10.1. The highest BCUT2D eigenvalue weighted by molar-refractivity contribution is 7.87. The van der Waals surface area contributed by atoms with E-state index in [2.05, 4.69) is 37.5 Å². The fourth-order valence-corrected chi connectivity index (χ4v) is 6.63. The van der Waals surface area contributed by atoms with Gasteiger partial charge in [0.05, 0.1) is 27.3 Å². The molecule has 262 valence electrons. The van der Waals surface area contributed by atoms with Crippen LogP contribution in [0.5, 0.6) is 17.2 Å². The first-order valence-corrected chi connectivity index (χ1v) is 17.2. The van der Waals surface area contributed by atoms with Crippen molar-refractivity contribution in [2.75, 3.05) is 40.9 Å². The molecule has 1 heterocycles. The number of rotatable bonds is 13. The first-order chi connectivity index (χ1) is 23.9. The molecule has 0 radical (unpaired) electrons. The molecular weight excluding hydrogens is 670 g/mol. The van der Waals surface area contributed by atoms with Gasteiger partial charge < -0.3 is 23.5 Å². The fraction of sp³-hybridized carbons (Fsp3) is 0.265. The number of fused-ring (bicyclic) bond motifs is 2. The third kappa shape index (κ3) is 7.24. The van der Waals surface area contributed by atoms with Crippen molar-refractivity contribution in [3.63, 3.8) is 0 Å². The van der Waals surface area contributed by atoms with Gasteiger partial charge in [-0.3, -0.25) is 20.2 Å².